The molecular weight excluding hydrogens is 280 g/mol. The zero-order valence-corrected chi connectivity index (χ0v) is 12.3. The smallest absolute Gasteiger partial charge is 0.232 e. The number of amides is 1. The molecule has 0 spiro atoms. The van der Waals surface area contributed by atoms with Crippen LogP contribution in [0, 0.1) is 5.41 Å². The van der Waals surface area contributed by atoms with Crippen LogP contribution < -0.4 is 11.1 Å². The van der Waals surface area contributed by atoms with Crippen molar-refractivity contribution in [3.8, 4) is 11.3 Å². The molecule has 2 heterocycles. The highest BCUT2D eigenvalue weighted by Gasteiger charge is 2.38. The van der Waals surface area contributed by atoms with Crippen LogP contribution in [-0.4, -0.2) is 35.9 Å². The topological polar surface area (TPSA) is 93.0 Å². The molecule has 1 aromatic carbocycles. The average Bonchev–Trinajstić information content (AvgIpc) is 3.10. The SMILES string of the molecule is NCC1(C(=O)Nc2ccc(-c3ccn[nH]3)cc2)CCOCC1. The lowest BCUT2D eigenvalue weighted by molar-refractivity contribution is -0.130. The van der Waals surface area contributed by atoms with Crippen molar-refractivity contribution in [3.05, 3.63) is 36.5 Å². The number of carbonyl (C=O) groups excluding carboxylic acids is 1. The molecule has 2 aromatic rings. The Morgan fingerprint density at radius 2 is 2.00 bits per heavy atom. The largest absolute Gasteiger partial charge is 0.381 e. The third kappa shape index (κ3) is 2.88. The van der Waals surface area contributed by atoms with E-state index in [9.17, 15) is 4.79 Å². The van der Waals surface area contributed by atoms with Crippen LogP contribution >= 0.6 is 0 Å². The van der Waals surface area contributed by atoms with Gasteiger partial charge >= 0.3 is 0 Å². The molecule has 0 bridgehead atoms. The number of nitrogens with one attached hydrogen (secondary N) is 2. The molecule has 1 aliphatic rings. The van der Waals surface area contributed by atoms with E-state index < -0.39 is 5.41 Å². The maximum atomic E-state index is 12.6. The summed E-state index contributed by atoms with van der Waals surface area (Å²) in [6.45, 7) is 1.52. The molecule has 3 rings (SSSR count). The summed E-state index contributed by atoms with van der Waals surface area (Å²) in [5.74, 6) is -0.0207. The van der Waals surface area contributed by atoms with Gasteiger partial charge < -0.3 is 15.8 Å². The lowest BCUT2D eigenvalue weighted by Crippen LogP contribution is -2.46. The van der Waals surface area contributed by atoms with Crippen LogP contribution in [0.1, 0.15) is 12.8 Å². The Balaban J connectivity index is 1.71. The first-order valence-electron chi connectivity index (χ1n) is 7.43. The highest BCUT2D eigenvalue weighted by molar-refractivity contribution is 5.95. The number of carbonyl (C=O) groups is 1. The Morgan fingerprint density at radius 1 is 1.27 bits per heavy atom. The van der Waals surface area contributed by atoms with E-state index in [1.165, 1.54) is 0 Å². The quantitative estimate of drug-likeness (QED) is 0.802. The Kier molecular flexibility index (Phi) is 4.22. The Labute approximate surface area is 129 Å². The molecule has 116 valence electrons. The third-order valence-electron chi connectivity index (χ3n) is 4.28. The molecule has 0 atom stereocenters. The van der Waals surface area contributed by atoms with Gasteiger partial charge in [0.1, 0.15) is 0 Å². The predicted molar refractivity (Wildman–Crippen MR) is 84.2 cm³/mol. The van der Waals surface area contributed by atoms with E-state index in [4.69, 9.17) is 10.5 Å². The van der Waals surface area contributed by atoms with Crippen molar-refractivity contribution >= 4 is 11.6 Å². The summed E-state index contributed by atoms with van der Waals surface area (Å²) < 4.78 is 5.34. The number of aromatic nitrogens is 2. The molecule has 1 fully saturated rings. The summed E-state index contributed by atoms with van der Waals surface area (Å²) in [5, 5.41) is 9.82. The van der Waals surface area contributed by atoms with Gasteiger partial charge in [-0.2, -0.15) is 5.10 Å². The second-order valence-electron chi connectivity index (χ2n) is 5.60. The molecule has 0 radical (unpaired) electrons. The number of hydrogen-bond donors (Lipinski definition) is 3. The molecule has 0 unspecified atom stereocenters. The highest BCUT2D eigenvalue weighted by atomic mass is 16.5. The van der Waals surface area contributed by atoms with E-state index in [0.29, 0.717) is 32.6 Å². The predicted octanol–water partition coefficient (Wildman–Crippen LogP) is 1.77. The number of ether oxygens (including phenoxy) is 1. The van der Waals surface area contributed by atoms with E-state index in [1.54, 1.807) is 6.20 Å². The van der Waals surface area contributed by atoms with Gasteiger partial charge in [0.15, 0.2) is 0 Å². The summed E-state index contributed by atoms with van der Waals surface area (Å²) in [4.78, 5) is 12.6. The summed E-state index contributed by atoms with van der Waals surface area (Å²) in [6.07, 6.45) is 3.05. The molecule has 1 aromatic heterocycles. The number of anilines is 1. The average molecular weight is 300 g/mol. The molecule has 1 saturated heterocycles. The van der Waals surface area contributed by atoms with Crippen molar-refractivity contribution in [1.29, 1.82) is 0 Å². The van der Waals surface area contributed by atoms with Crippen LogP contribution in [-0.2, 0) is 9.53 Å². The molecule has 1 amide bonds. The monoisotopic (exact) mass is 300 g/mol. The fraction of sp³-hybridized carbons (Fsp3) is 0.375. The maximum absolute atomic E-state index is 12.6. The van der Waals surface area contributed by atoms with E-state index in [1.807, 2.05) is 30.3 Å². The molecule has 0 saturated carbocycles. The normalized spacial score (nSPS) is 17.1. The van der Waals surface area contributed by atoms with Gasteiger partial charge in [0.25, 0.3) is 0 Å². The Morgan fingerprint density at radius 3 is 2.59 bits per heavy atom. The molecule has 6 nitrogen and oxygen atoms in total. The van der Waals surface area contributed by atoms with Gasteiger partial charge in [-0.3, -0.25) is 9.89 Å². The first kappa shape index (κ1) is 14.7. The van der Waals surface area contributed by atoms with Crippen LogP contribution in [0.15, 0.2) is 36.5 Å². The molecule has 4 N–H and O–H groups in total. The Hall–Kier alpha value is -2.18. The number of H-pyrrole nitrogens is 1. The summed E-state index contributed by atoms with van der Waals surface area (Å²) in [5.41, 5.74) is 8.08. The van der Waals surface area contributed by atoms with Crippen LogP contribution in [0.5, 0.6) is 0 Å². The van der Waals surface area contributed by atoms with E-state index in [2.05, 4.69) is 15.5 Å². The first-order chi connectivity index (χ1) is 10.7. The van der Waals surface area contributed by atoms with E-state index >= 15 is 0 Å². The molecule has 1 aliphatic heterocycles. The van der Waals surface area contributed by atoms with Crippen molar-refractivity contribution in [2.75, 3.05) is 25.1 Å². The highest BCUT2D eigenvalue weighted by Crippen LogP contribution is 2.31. The van der Waals surface area contributed by atoms with Crippen molar-refractivity contribution < 1.29 is 9.53 Å². The lowest BCUT2D eigenvalue weighted by atomic mass is 9.79. The van der Waals surface area contributed by atoms with Gasteiger partial charge in [-0.1, -0.05) is 12.1 Å². The van der Waals surface area contributed by atoms with Gasteiger partial charge in [0.05, 0.1) is 11.1 Å². The molecule has 6 heteroatoms. The van der Waals surface area contributed by atoms with Crippen molar-refractivity contribution in [3.63, 3.8) is 0 Å². The standard InChI is InChI=1S/C16H20N4O2/c17-11-16(6-9-22-10-7-16)15(21)19-13-3-1-12(2-4-13)14-5-8-18-20-14/h1-5,8H,6-7,9-11,17H2,(H,18,20)(H,19,21). The van der Waals surface area contributed by atoms with Crippen molar-refractivity contribution in [1.82, 2.24) is 10.2 Å². The van der Waals surface area contributed by atoms with Gasteiger partial charge in [0.2, 0.25) is 5.91 Å². The third-order valence-corrected chi connectivity index (χ3v) is 4.28. The first-order valence-corrected chi connectivity index (χ1v) is 7.43. The van der Waals surface area contributed by atoms with E-state index in [0.717, 1.165) is 16.9 Å². The van der Waals surface area contributed by atoms with Gasteiger partial charge in [-0.05, 0) is 36.6 Å². The zero-order chi connectivity index (χ0) is 15.4. The number of benzene rings is 1. The summed E-state index contributed by atoms with van der Waals surface area (Å²) in [6, 6.07) is 9.57. The molecule has 0 aliphatic carbocycles. The van der Waals surface area contributed by atoms with Gasteiger partial charge in [0, 0.05) is 31.6 Å². The van der Waals surface area contributed by atoms with Gasteiger partial charge in [-0.25, -0.2) is 0 Å². The van der Waals surface area contributed by atoms with Crippen molar-refractivity contribution in [2.24, 2.45) is 11.1 Å². The van der Waals surface area contributed by atoms with Gasteiger partial charge in [-0.15, -0.1) is 0 Å². The Bertz CT molecular complexity index is 616. The number of aromatic amines is 1. The van der Waals surface area contributed by atoms with Crippen molar-refractivity contribution in [2.45, 2.75) is 12.8 Å². The van der Waals surface area contributed by atoms with Crippen LogP contribution in [0.4, 0.5) is 5.69 Å². The minimum absolute atomic E-state index is 0.0207. The number of hydrogen-bond acceptors (Lipinski definition) is 4. The maximum Gasteiger partial charge on any atom is 0.232 e. The van der Waals surface area contributed by atoms with Crippen LogP contribution in [0.3, 0.4) is 0 Å². The fourth-order valence-electron chi connectivity index (χ4n) is 2.70. The van der Waals surface area contributed by atoms with Crippen LogP contribution in [0.25, 0.3) is 11.3 Å². The summed E-state index contributed by atoms with van der Waals surface area (Å²) >= 11 is 0. The number of nitrogens with two attached hydrogens (primary N) is 1. The minimum Gasteiger partial charge on any atom is -0.381 e. The van der Waals surface area contributed by atoms with Crippen LogP contribution in [0.2, 0.25) is 0 Å². The van der Waals surface area contributed by atoms with E-state index in [-0.39, 0.29) is 5.91 Å². The minimum atomic E-state index is -0.514. The summed E-state index contributed by atoms with van der Waals surface area (Å²) in [7, 11) is 0. The molecular formula is C16H20N4O2. The number of nitrogens with zero attached hydrogens (tertiary/aromatic N) is 1. The zero-order valence-electron chi connectivity index (χ0n) is 12.3. The second kappa shape index (κ2) is 6.29. The fourth-order valence-corrected chi connectivity index (χ4v) is 2.70. The second-order valence-corrected chi connectivity index (χ2v) is 5.60. The number of rotatable bonds is 4. The molecule has 22 heavy (non-hydrogen) atoms. The lowest BCUT2D eigenvalue weighted by Gasteiger charge is -2.34.